The summed E-state index contributed by atoms with van der Waals surface area (Å²) < 4.78 is 0. The van der Waals surface area contributed by atoms with Crippen molar-refractivity contribution in [3.05, 3.63) is 23.9 Å². The normalized spacial score (nSPS) is 10.8. The Kier molecular flexibility index (Phi) is 6.29. The lowest BCUT2D eigenvalue weighted by molar-refractivity contribution is 0.0947. The van der Waals surface area contributed by atoms with E-state index in [0.29, 0.717) is 18.3 Å². The molecule has 0 bridgehead atoms. The van der Waals surface area contributed by atoms with Crippen molar-refractivity contribution in [1.29, 1.82) is 0 Å². The van der Waals surface area contributed by atoms with Crippen LogP contribution < -0.4 is 10.6 Å². The fourth-order valence-electron chi connectivity index (χ4n) is 1.63. The third kappa shape index (κ3) is 6.20. The average Bonchev–Trinajstić information content (AvgIpc) is 2.33. The van der Waals surface area contributed by atoms with Crippen LogP contribution in [0.5, 0.6) is 0 Å². The van der Waals surface area contributed by atoms with Gasteiger partial charge in [-0.3, -0.25) is 4.79 Å². The molecule has 0 aliphatic rings. The molecule has 1 heterocycles. The maximum absolute atomic E-state index is 11.9. The molecular formula is C14H24N4O. The molecule has 1 aromatic rings. The highest BCUT2D eigenvalue weighted by Gasteiger charge is 2.07. The molecule has 106 valence electrons. The summed E-state index contributed by atoms with van der Waals surface area (Å²) in [6.07, 6.45) is 0.933. The smallest absolute Gasteiger partial charge is 0.269 e. The van der Waals surface area contributed by atoms with E-state index in [4.69, 9.17) is 0 Å². The molecule has 5 heteroatoms. The van der Waals surface area contributed by atoms with Gasteiger partial charge in [-0.2, -0.15) is 0 Å². The minimum absolute atomic E-state index is 0.119. The van der Waals surface area contributed by atoms with E-state index in [0.717, 1.165) is 18.8 Å². The number of pyridine rings is 1. The van der Waals surface area contributed by atoms with Crippen LogP contribution in [-0.4, -0.2) is 49.0 Å². The minimum Gasteiger partial charge on any atom is -0.368 e. The number of hydrogen-bond donors (Lipinski definition) is 2. The summed E-state index contributed by atoms with van der Waals surface area (Å²) >= 11 is 0. The first-order chi connectivity index (χ1) is 8.99. The van der Waals surface area contributed by atoms with Crippen molar-refractivity contribution in [2.24, 2.45) is 0 Å². The molecule has 0 aliphatic carbocycles. The molecule has 0 saturated carbocycles. The van der Waals surface area contributed by atoms with Gasteiger partial charge in [-0.15, -0.1) is 0 Å². The number of aromatic nitrogens is 1. The quantitative estimate of drug-likeness (QED) is 0.734. The van der Waals surface area contributed by atoms with Crippen molar-refractivity contribution < 1.29 is 4.79 Å². The van der Waals surface area contributed by atoms with Gasteiger partial charge in [-0.25, -0.2) is 4.98 Å². The molecule has 0 saturated heterocycles. The van der Waals surface area contributed by atoms with Crippen molar-refractivity contribution >= 4 is 11.7 Å². The Labute approximate surface area is 115 Å². The molecule has 0 unspecified atom stereocenters. The van der Waals surface area contributed by atoms with Crippen LogP contribution in [0.15, 0.2) is 18.2 Å². The largest absolute Gasteiger partial charge is 0.368 e. The maximum Gasteiger partial charge on any atom is 0.269 e. The molecule has 5 nitrogen and oxygen atoms in total. The summed E-state index contributed by atoms with van der Waals surface area (Å²) in [5.41, 5.74) is 0.454. The van der Waals surface area contributed by atoms with Gasteiger partial charge in [0.05, 0.1) is 0 Å². The number of nitrogens with one attached hydrogen (secondary N) is 2. The minimum atomic E-state index is -0.119. The molecule has 2 N–H and O–H groups in total. The molecule has 0 fully saturated rings. The zero-order valence-electron chi connectivity index (χ0n) is 12.2. The SMILES string of the molecule is CC(C)Nc1cccc(C(=O)NCCCN(C)C)n1. The zero-order valence-corrected chi connectivity index (χ0v) is 12.2. The molecule has 1 amide bonds. The standard InChI is InChI=1S/C14H24N4O/c1-11(2)16-13-8-5-7-12(17-13)14(19)15-9-6-10-18(3)4/h5,7-8,11H,6,9-10H2,1-4H3,(H,15,19)(H,16,17). The number of amides is 1. The van der Waals surface area contributed by atoms with Crippen LogP contribution in [0.25, 0.3) is 0 Å². The number of hydrogen-bond acceptors (Lipinski definition) is 4. The van der Waals surface area contributed by atoms with Crippen molar-refractivity contribution in [1.82, 2.24) is 15.2 Å². The van der Waals surface area contributed by atoms with E-state index in [2.05, 4.69) is 20.5 Å². The van der Waals surface area contributed by atoms with E-state index < -0.39 is 0 Å². The second kappa shape index (κ2) is 7.74. The second-order valence-electron chi connectivity index (χ2n) is 5.12. The van der Waals surface area contributed by atoms with Gasteiger partial charge in [-0.1, -0.05) is 6.07 Å². The highest BCUT2D eigenvalue weighted by Crippen LogP contribution is 2.06. The monoisotopic (exact) mass is 264 g/mol. The Morgan fingerprint density at radius 3 is 2.74 bits per heavy atom. The first-order valence-corrected chi connectivity index (χ1v) is 6.65. The number of anilines is 1. The predicted molar refractivity (Wildman–Crippen MR) is 78.5 cm³/mol. The molecule has 0 aromatic carbocycles. The van der Waals surface area contributed by atoms with Gasteiger partial charge in [0.15, 0.2) is 0 Å². The summed E-state index contributed by atoms with van der Waals surface area (Å²) in [4.78, 5) is 18.3. The Bertz CT molecular complexity index is 404. The summed E-state index contributed by atoms with van der Waals surface area (Å²) in [5.74, 6) is 0.613. The van der Waals surface area contributed by atoms with Crippen molar-refractivity contribution in [3.8, 4) is 0 Å². The third-order valence-corrected chi connectivity index (χ3v) is 2.49. The second-order valence-corrected chi connectivity index (χ2v) is 5.12. The Hall–Kier alpha value is -1.62. The summed E-state index contributed by atoms with van der Waals surface area (Å²) in [7, 11) is 4.04. The van der Waals surface area contributed by atoms with Crippen molar-refractivity contribution in [2.75, 3.05) is 32.5 Å². The van der Waals surface area contributed by atoms with E-state index in [-0.39, 0.29) is 5.91 Å². The van der Waals surface area contributed by atoms with Crippen LogP contribution in [0.3, 0.4) is 0 Å². The zero-order chi connectivity index (χ0) is 14.3. The van der Waals surface area contributed by atoms with E-state index in [1.807, 2.05) is 40.1 Å². The van der Waals surface area contributed by atoms with Gasteiger partial charge < -0.3 is 15.5 Å². The van der Waals surface area contributed by atoms with E-state index >= 15 is 0 Å². The maximum atomic E-state index is 11.9. The van der Waals surface area contributed by atoms with Crippen LogP contribution in [0.4, 0.5) is 5.82 Å². The van der Waals surface area contributed by atoms with Gasteiger partial charge >= 0.3 is 0 Å². The Morgan fingerprint density at radius 1 is 1.37 bits per heavy atom. The summed E-state index contributed by atoms with van der Waals surface area (Å²) in [6.45, 7) is 5.70. The third-order valence-electron chi connectivity index (χ3n) is 2.49. The van der Waals surface area contributed by atoms with Crippen molar-refractivity contribution in [3.63, 3.8) is 0 Å². The molecule has 0 radical (unpaired) electrons. The van der Waals surface area contributed by atoms with Crippen LogP contribution in [0.2, 0.25) is 0 Å². The molecule has 0 atom stereocenters. The number of rotatable bonds is 7. The highest BCUT2D eigenvalue weighted by atomic mass is 16.1. The predicted octanol–water partition coefficient (Wildman–Crippen LogP) is 1.58. The van der Waals surface area contributed by atoms with Gasteiger partial charge in [0.2, 0.25) is 0 Å². The molecule has 0 spiro atoms. The molecule has 19 heavy (non-hydrogen) atoms. The summed E-state index contributed by atoms with van der Waals surface area (Å²) in [5, 5.41) is 6.06. The number of carbonyl (C=O) groups excluding carboxylic acids is 1. The lowest BCUT2D eigenvalue weighted by atomic mass is 10.3. The van der Waals surface area contributed by atoms with Crippen molar-refractivity contribution in [2.45, 2.75) is 26.3 Å². The molecule has 0 aliphatic heterocycles. The van der Waals surface area contributed by atoms with E-state index in [1.165, 1.54) is 0 Å². The van der Waals surface area contributed by atoms with E-state index in [9.17, 15) is 4.79 Å². The van der Waals surface area contributed by atoms with Crippen LogP contribution in [0, 0.1) is 0 Å². The lowest BCUT2D eigenvalue weighted by Crippen LogP contribution is -2.28. The Balaban J connectivity index is 2.47. The first kappa shape index (κ1) is 15.4. The van der Waals surface area contributed by atoms with Gasteiger partial charge in [-0.05, 0) is 53.0 Å². The fraction of sp³-hybridized carbons (Fsp3) is 0.571. The van der Waals surface area contributed by atoms with E-state index in [1.54, 1.807) is 6.07 Å². The van der Waals surface area contributed by atoms with Crippen LogP contribution in [0.1, 0.15) is 30.8 Å². The Morgan fingerprint density at radius 2 is 2.11 bits per heavy atom. The van der Waals surface area contributed by atoms with Gasteiger partial charge in [0, 0.05) is 12.6 Å². The lowest BCUT2D eigenvalue weighted by Gasteiger charge is -2.11. The fourth-order valence-corrected chi connectivity index (χ4v) is 1.63. The topological polar surface area (TPSA) is 57.3 Å². The van der Waals surface area contributed by atoms with Gasteiger partial charge in [0.25, 0.3) is 5.91 Å². The first-order valence-electron chi connectivity index (χ1n) is 6.65. The highest BCUT2D eigenvalue weighted by molar-refractivity contribution is 5.92. The molecular weight excluding hydrogens is 240 g/mol. The molecule has 1 aromatic heterocycles. The number of carbonyl (C=O) groups is 1. The average molecular weight is 264 g/mol. The van der Waals surface area contributed by atoms with Crippen LogP contribution >= 0.6 is 0 Å². The van der Waals surface area contributed by atoms with Crippen LogP contribution in [-0.2, 0) is 0 Å². The number of nitrogens with zero attached hydrogens (tertiary/aromatic N) is 2. The summed E-state index contributed by atoms with van der Waals surface area (Å²) in [6, 6.07) is 5.73. The van der Waals surface area contributed by atoms with Gasteiger partial charge in [0.1, 0.15) is 11.5 Å². The molecule has 1 rings (SSSR count).